The highest BCUT2D eigenvalue weighted by Gasteiger charge is 2.16. The summed E-state index contributed by atoms with van der Waals surface area (Å²) in [5.74, 6) is 1.64. The average molecular weight is 467 g/mol. The van der Waals surface area contributed by atoms with Gasteiger partial charge in [0.05, 0.1) is 17.3 Å². The van der Waals surface area contributed by atoms with Gasteiger partial charge < -0.3 is 0 Å². The number of nitrogens with zero attached hydrogens (tertiary/aromatic N) is 2. The van der Waals surface area contributed by atoms with Crippen LogP contribution in [0.15, 0.2) is 76.7 Å². The van der Waals surface area contributed by atoms with Gasteiger partial charge in [-0.15, -0.1) is 0 Å². The summed E-state index contributed by atoms with van der Waals surface area (Å²) in [6.07, 6.45) is 4.16. The molecule has 0 amide bonds. The molecule has 0 saturated carbocycles. The second-order valence-corrected chi connectivity index (χ2v) is 10.7. The molecule has 0 bridgehead atoms. The Hall–Kier alpha value is -3.00. The predicted molar refractivity (Wildman–Crippen MR) is 155 cm³/mol. The van der Waals surface area contributed by atoms with E-state index in [1.165, 1.54) is 27.8 Å². The lowest BCUT2D eigenvalue weighted by Crippen LogP contribution is -2.04. The monoisotopic (exact) mass is 466 g/mol. The fourth-order valence-corrected chi connectivity index (χ4v) is 4.52. The molecule has 0 aliphatic carbocycles. The lowest BCUT2D eigenvalue weighted by molar-refractivity contribution is 0.834. The molecule has 0 aromatic heterocycles. The minimum atomic E-state index is -0.0170. The highest BCUT2D eigenvalue weighted by Crippen LogP contribution is 2.36. The molecule has 0 atom stereocenters. The maximum absolute atomic E-state index is 5.14. The van der Waals surface area contributed by atoms with E-state index in [1.54, 1.807) is 0 Å². The molecule has 2 nitrogen and oxygen atoms in total. The van der Waals surface area contributed by atoms with E-state index >= 15 is 0 Å². The summed E-state index contributed by atoms with van der Waals surface area (Å²) in [6.45, 7) is 17.9. The van der Waals surface area contributed by atoms with Crippen LogP contribution in [-0.4, -0.2) is 12.4 Å². The Balaban J connectivity index is 2.11. The van der Waals surface area contributed by atoms with Gasteiger partial charge in [-0.2, -0.15) is 0 Å². The highest BCUT2D eigenvalue weighted by molar-refractivity contribution is 5.93. The van der Waals surface area contributed by atoms with Crippen molar-refractivity contribution < 1.29 is 0 Å². The molecular weight excluding hydrogens is 424 g/mol. The zero-order valence-electron chi connectivity index (χ0n) is 22.8. The van der Waals surface area contributed by atoms with Gasteiger partial charge in [-0.05, 0) is 51.5 Å². The third-order valence-electron chi connectivity index (χ3n) is 6.60. The Morgan fingerprint density at radius 2 is 0.800 bits per heavy atom. The number of hydrogen-bond donors (Lipinski definition) is 0. The van der Waals surface area contributed by atoms with Crippen LogP contribution in [0.4, 0.5) is 11.4 Å². The van der Waals surface area contributed by atoms with Crippen LogP contribution in [0.5, 0.6) is 0 Å². The van der Waals surface area contributed by atoms with Crippen molar-refractivity contribution in [3.63, 3.8) is 0 Å². The third-order valence-corrected chi connectivity index (χ3v) is 6.60. The van der Waals surface area contributed by atoms with E-state index in [0.29, 0.717) is 23.7 Å². The van der Waals surface area contributed by atoms with Gasteiger partial charge in [-0.1, -0.05) is 122 Å². The fraction of sp³-hybridized carbons (Fsp3) is 0.394. The molecule has 0 fully saturated rings. The largest absolute Gasteiger partial charge is 0.260 e. The maximum atomic E-state index is 5.14. The summed E-state index contributed by atoms with van der Waals surface area (Å²) < 4.78 is 0. The Bertz CT molecular complexity index is 1020. The Morgan fingerprint density at radius 1 is 0.457 bits per heavy atom. The van der Waals surface area contributed by atoms with Crippen molar-refractivity contribution in [1.29, 1.82) is 0 Å². The average Bonchev–Trinajstić information content (AvgIpc) is 2.83. The first-order valence-corrected chi connectivity index (χ1v) is 13.1. The molecule has 184 valence electrons. The van der Waals surface area contributed by atoms with E-state index < -0.39 is 0 Å². The molecule has 0 aliphatic rings. The van der Waals surface area contributed by atoms with Crippen molar-refractivity contribution in [3.05, 3.63) is 94.5 Å². The van der Waals surface area contributed by atoms with Gasteiger partial charge in [-0.25, -0.2) is 0 Å². The van der Waals surface area contributed by atoms with Crippen molar-refractivity contribution >= 4 is 23.8 Å². The van der Waals surface area contributed by atoms with Crippen LogP contribution in [0.2, 0.25) is 0 Å². The Morgan fingerprint density at radius 3 is 1.11 bits per heavy atom. The van der Waals surface area contributed by atoms with Gasteiger partial charge in [0, 0.05) is 12.4 Å². The summed E-state index contributed by atoms with van der Waals surface area (Å²) in [4.78, 5) is 10.3. The molecule has 35 heavy (non-hydrogen) atoms. The quantitative estimate of drug-likeness (QED) is 0.280. The van der Waals surface area contributed by atoms with E-state index in [4.69, 9.17) is 9.98 Å². The molecule has 0 aliphatic heterocycles. The first-order chi connectivity index (χ1) is 16.7. The molecule has 0 heterocycles. The van der Waals surface area contributed by atoms with Crippen LogP contribution < -0.4 is 0 Å². The molecule has 0 unspecified atom stereocenters. The maximum Gasteiger partial charge on any atom is 0.0695 e. The fourth-order valence-electron chi connectivity index (χ4n) is 4.52. The number of rotatable bonds is 9. The first-order valence-electron chi connectivity index (χ1n) is 13.1. The predicted octanol–water partition coefficient (Wildman–Crippen LogP) is 10.1. The zero-order chi connectivity index (χ0) is 25.5. The van der Waals surface area contributed by atoms with Gasteiger partial charge in [0.1, 0.15) is 0 Å². The molecule has 0 spiro atoms. The summed E-state index contributed by atoms with van der Waals surface area (Å²) in [6, 6.07) is 23.7. The van der Waals surface area contributed by atoms with Crippen LogP contribution in [-0.2, 0) is 0 Å². The molecule has 2 heteroatoms. The normalized spacial score (nSPS) is 13.3. The first kappa shape index (κ1) is 26.6. The standard InChI is InChI=1S/C33H42N2/c1-22(2)28-16-12-17-29(23(3)4)32(28)34-20-27(26-14-10-9-11-15-26)21-35-33-30(24(5)6)18-13-19-31(33)25(7)8/h9-25,27H,1-8H3. The van der Waals surface area contributed by atoms with Gasteiger partial charge in [0.25, 0.3) is 0 Å². The van der Waals surface area contributed by atoms with Crippen LogP contribution >= 0.6 is 0 Å². The second-order valence-electron chi connectivity index (χ2n) is 10.7. The van der Waals surface area contributed by atoms with Crippen molar-refractivity contribution in [2.24, 2.45) is 9.98 Å². The number of hydrogen-bond acceptors (Lipinski definition) is 2. The summed E-state index contributed by atoms with van der Waals surface area (Å²) in [7, 11) is 0. The van der Waals surface area contributed by atoms with Gasteiger partial charge in [0.15, 0.2) is 0 Å². The summed E-state index contributed by atoms with van der Waals surface area (Å²) in [5, 5.41) is 0. The molecule has 0 N–H and O–H groups in total. The van der Waals surface area contributed by atoms with Crippen LogP contribution in [0, 0.1) is 0 Å². The van der Waals surface area contributed by atoms with E-state index in [0.717, 1.165) is 11.4 Å². The lowest BCUT2D eigenvalue weighted by Gasteiger charge is -2.18. The second kappa shape index (κ2) is 12.1. The molecular formula is C33H42N2. The summed E-state index contributed by atoms with van der Waals surface area (Å²) in [5.41, 5.74) is 8.59. The smallest absolute Gasteiger partial charge is 0.0695 e. The summed E-state index contributed by atoms with van der Waals surface area (Å²) >= 11 is 0. The van der Waals surface area contributed by atoms with E-state index in [-0.39, 0.29) is 5.92 Å². The third kappa shape index (κ3) is 6.57. The molecule has 0 radical (unpaired) electrons. The number of para-hydroxylation sites is 2. The molecule has 3 rings (SSSR count). The molecule has 3 aromatic carbocycles. The van der Waals surface area contributed by atoms with Crippen LogP contribution in [0.25, 0.3) is 0 Å². The van der Waals surface area contributed by atoms with Gasteiger partial charge in [-0.3, -0.25) is 9.98 Å². The number of aliphatic imine (C=N–C) groups is 2. The SMILES string of the molecule is CC(C)c1cccc(C(C)C)c1N=CC(C=Nc1c(C(C)C)cccc1C(C)C)c1ccccc1. The van der Waals surface area contributed by atoms with Gasteiger partial charge >= 0.3 is 0 Å². The van der Waals surface area contributed by atoms with Crippen LogP contribution in [0.1, 0.15) is 113 Å². The Kier molecular flexibility index (Phi) is 9.20. The van der Waals surface area contributed by atoms with E-state index in [9.17, 15) is 0 Å². The van der Waals surface area contributed by atoms with Crippen LogP contribution in [0.3, 0.4) is 0 Å². The lowest BCUT2D eigenvalue weighted by atomic mass is 9.92. The highest BCUT2D eigenvalue weighted by atomic mass is 14.8. The zero-order valence-corrected chi connectivity index (χ0v) is 22.8. The minimum Gasteiger partial charge on any atom is -0.260 e. The minimum absolute atomic E-state index is 0.0170. The Labute approximate surface area is 213 Å². The van der Waals surface area contributed by atoms with E-state index in [1.807, 2.05) is 0 Å². The molecule has 3 aromatic rings. The van der Waals surface area contributed by atoms with Crippen molar-refractivity contribution in [1.82, 2.24) is 0 Å². The topological polar surface area (TPSA) is 24.7 Å². The van der Waals surface area contributed by atoms with Crippen molar-refractivity contribution in [2.75, 3.05) is 0 Å². The van der Waals surface area contributed by atoms with Crippen molar-refractivity contribution in [3.8, 4) is 0 Å². The number of benzene rings is 3. The van der Waals surface area contributed by atoms with Crippen molar-refractivity contribution in [2.45, 2.75) is 85.0 Å². The van der Waals surface area contributed by atoms with Gasteiger partial charge in [0.2, 0.25) is 0 Å². The van der Waals surface area contributed by atoms with E-state index in [2.05, 4.69) is 135 Å². The molecule has 0 saturated heterocycles.